The average Bonchev–Trinajstić information content (AvgIpc) is 2.14. The zero-order valence-corrected chi connectivity index (χ0v) is 8.03. The van der Waals surface area contributed by atoms with Crippen LogP contribution in [-0.2, 0) is 4.74 Å². The highest BCUT2D eigenvalue weighted by Gasteiger charge is 2.28. The van der Waals surface area contributed by atoms with Gasteiger partial charge in [-0.25, -0.2) is 0 Å². The first-order chi connectivity index (χ1) is 5.66. The maximum atomic E-state index is 9.65. The molecule has 2 heteroatoms. The van der Waals surface area contributed by atoms with E-state index in [2.05, 4.69) is 13.0 Å². The molecule has 0 unspecified atom stereocenters. The number of aliphatic hydroxyl groups is 1. The van der Waals surface area contributed by atoms with Crippen LogP contribution in [0.4, 0.5) is 0 Å². The number of methoxy groups -OCH3 is 1. The predicted octanol–water partition coefficient (Wildman–Crippen LogP) is 1.59. The van der Waals surface area contributed by atoms with E-state index < -0.39 is 0 Å². The van der Waals surface area contributed by atoms with Crippen molar-refractivity contribution in [3.63, 3.8) is 0 Å². The molecular weight excluding hydrogens is 152 g/mol. The third-order valence-electron chi connectivity index (χ3n) is 2.73. The minimum absolute atomic E-state index is 0.152. The quantitative estimate of drug-likeness (QED) is 0.606. The van der Waals surface area contributed by atoms with Crippen molar-refractivity contribution in [1.82, 2.24) is 0 Å². The van der Waals surface area contributed by atoms with Gasteiger partial charge in [-0.2, -0.15) is 0 Å². The molecule has 1 rings (SSSR count). The topological polar surface area (TPSA) is 29.5 Å². The van der Waals surface area contributed by atoms with Gasteiger partial charge in [-0.15, -0.1) is 0 Å². The van der Waals surface area contributed by atoms with E-state index in [4.69, 9.17) is 4.74 Å². The molecule has 1 N–H and O–H groups in total. The van der Waals surface area contributed by atoms with E-state index in [1.807, 2.05) is 13.0 Å². The number of rotatable bonds is 1. The average molecular weight is 170 g/mol. The minimum atomic E-state index is -0.254. The summed E-state index contributed by atoms with van der Waals surface area (Å²) in [5.74, 6) is 0.627. The summed E-state index contributed by atoms with van der Waals surface area (Å²) >= 11 is 0. The normalized spacial score (nSPS) is 42.7. The molecule has 0 aromatic heterocycles. The molecule has 12 heavy (non-hydrogen) atoms. The molecule has 0 saturated carbocycles. The van der Waals surface area contributed by atoms with Crippen LogP contribution in [0.3, 0.4) is 0 Å². The van der Waals surface area contributed by atoms with Gasteiger partial charge in [-0.3, -0.25) is 0 Å². The number of aliphatic hydroxyl groups excluding tert-OH is 1. The zero-order chi connectivity index (χ0) is 9.14. The highest BCUT2D eigenvalue weighted by Crippen LogP contribution is 2.25. The largest absolute Gasteiger partial charge is 0.392 e. The first-order valence-electron chi connectivity index (χ1n) is 4.54. The van der Waals surface area contributed by atoms with E-state index in [1.54, 1.807) is 7.11 Å². The van der Waals surface area contributed by atoms with Gasteiger partial charge in [-0.05, 0) is 6.42 Å². The molecule has 0 aromatic carbocycles. The van der Waals surface area contributed by atoms with Crippen LogP contribution in [0, 0.1) is 11.8 Å². The van der Waals surface area contributed by atoms with Crippen molar-refractivity contribution in [2.24, 2.45) is 11.8 Å². The summed E-state index contributed by atoms with van der Waals surface area (Å²) in [4.78, 5) is 0. The highest BCUT2D eigenvalue weighted by atomic mass is 16.5. The Bertz CT molecular complexity index is 165. The lowest BCUT2D eigenvalue weighted by atomic mass is 9.91. The van der Waals surface area contributed by atoms with Crippen molar-refractivity contribution in [2.45, 2.75) is 32.5 Å². The summed E-state index contributed by atoms with van der Waals surface area (Å²) in [6.07, 6.45) is 4.83. The van der Waals surface area contributed by atoms with Gasteiger partial charge in [0, 0.05) is 18.9 Å². The van der Waals surface area contributed by atoms with Crippen molar-refractivity contribution in [3.05, 3.63) is 12.2 Å². The van der Waals surface area contributed by atoms with E-state index in [-0.39, 0.29) is 18.1 Å². The van der Waals surface area contributed by atoms with E-state index in [9.17, 15) is 5.11 Å². The van der Waals surface area contributed by atoms with Gasteiger partial charge in [-0.1, -0.05) is 26.0 Å². The maximum Gasteiger partial charge on any atom is 0.0681 e. The van der Waals surface area contributed by atoms with Gasteiger partial charge in [0.1, 0.15) is 0 Å². The molecule has 4 atom stereocenters. The molecule has 1 aliphatic carbocycles. The van der Waals surface area contributed by atoms with Crippen molar-refractivity contribution in [3.8, 4) is 0 Å². The number of hydrogen-bond acceptors (Lipinski definition) is 2. The summed E-state index contributed by atoms with van der Waals surface area (Å²) in [5.41, 5.74) is 0. The van der Waals surface area contributed by atoms with Gasteiger partial charge in [0.15, 0.2) is 0 Å². The SMILES string of the molecule is CO[C@@H]1[C@H](C)[C@@H](O)CC=C[C@@H]1C. The zero-order valence-electron chi connectivity index (χ0n) is 8.03. The van der Waals surface area contributed by atoms with Crippen LogP contribution in [-0.4, -0.2) is 24.4 Å². The fourth-order valence-electron chi connectivity index (χ4n) is 1.88. The van der Waals surface area contributed by atoms with E-state index in [0.29, 0.717) is 5.92 Å². The second-order valence-electron chi connectivity index (χ2n) is 3.65. The molecule has 0 heterocycles. The Morgan fingerprint density at radius 1 is 1.42 bits per heavy atom. The fourth-order valence-corrected chi connectivity index (χ4v) is 1.88. The van der Waals surface area contributed by atoms with Crippen molar-refractivity contribution < 1.29 is 9.84 Å². The fraction of sp³-hybridized carbons (Fsp3) is 0.800. The first-order valence-corrected chi connectivity index (χ1v) is 4.54. The Hall–Kier alpha value is -0.340. The molecule has 0 aliphatic heterocycles. The van der Waals surface area contributed by atoms with Gasteiger partial charge in [0.05, 0.1) is 12.2 Å². The second kappa shape index (κ2) is 4.06. The van der Waals surface area contributed by atoms with Crippen molar-refractivity contribution in [2.75, 3.05) is 7.11 Å². The van der Waals surface area contributed by atoms with E-state index in [0.717, 1.165) is 6.42 Å². The molecule has 0 fully saturated rings. The van der Waals surface area contributed by atoms with Crippen molar-refractivity contribution >= 4 is 0 Å². The molecule has 0 spiro atoms. The second-order valence-corrected chi connectivity index (χ2v) is 3.65. The summed E-state index contributed by atoms with van der Waals surface area (Å²) < 4.78 is 5.35. The summed E-state index contributed by atoms with van der Waals surface area (Å²) in [7, 11) is 1.71. The lowest BCUT2D eigenvalue weighted by molar-refractivity contribution is -0.0187. The molecule has 0 amide bonds. The Morgan fingerprint density at radius 3 is 2.67 bits per heavy atom. The van der Waals surface area contributed by atoms with Gasteiger partial charge in [0.2, 0.25) is 0 Å². The molecule has 1 aliphatic rings. The van der Waals surface area contributed by atoms with Crippen molar-refractivity contribution in [1.29, 1.82) is 0 Å². The molecule has 0 bridgehead atoms. The van der Waals surface area contributed by atoms with Crippen LogP contribution in [0.15, 0.2) is 12.2 Å². The van der Waals surface area contributed by atoms with Crippen LogP contribution in [0.25, 0.3) is 0 Å². The molecule has 0 aromatic rings. The van der Waals surface area contributed by atoms with Crippen LogP contribution >= 0.6 is 0 Å². The predicted molar refractivity (Wildman–Crippen MR) is 48.9 cm³/mol. The third-order valence-corrected chi connectivity index (χ3v) is 2.73. The number of hydrogen-bond donors (Lipinski definition) is 1. The maximum absolute atomic E-state index is 9.65. The summed E-state index contributed by atoms with van der Waals surface area (Å²) in [6.45, 7) is 4.17. The monoisotopic (exact) mass is 170 g/mol. The van der Waals surface area contributed by atoms with Crippen LogP contribution in [0.2, 0.25) is 0 Å². The van der Waals surface area contributed by atoms with Crippen LogP contribution in [0.1, 0.15) is 20.3 Å². The van der Waals surface area contributed by atoms with Crippen LogP contribution < -0.4 is 0 Å². The van der Waals surface area contributed by atoms with E-state index in [1.165, 1.54) is 0 Å². The summed E-state index contributed by atoms with van der Waals surface area (Å²) in [6, 6.07) is 0. The number of ether oxygens (including phenoxy) is 1. The Labute approximate surface area is 74.2 Å². The van der Waals surface area contributed by atoms with E-state index >= 15 is 0 Å². The van der Waals surface area contributed by atoms with Gasteiger partial charge >= 0.3 is 0 Å². The molecule has 0 saturated heterocycles. The molecule has 0 radical (unpaired) electrons. The Kier molecular flexibility index (Phi) is 3.29. The van der Waals surface area contributed by atoms with Gasteiger partial charge in [0.25, 0.3) is 0 Å². The molecule has 2 nitrogen and oxygen atoms in total. The lowest BCUT2D eigenvalue weighted by Crippen LogP contribution is -2.33. The first kappa shape index (κ1) is 9.75. The molecule has 70 valence electrons. The van der Waals surface area contributed by atoms with Crippen LogP contribution in [0.5, 0.6) is 0 Å². The van der Waals surface area contributed by atoms with Gasteiger partial charge < -0.3 is 9.84 Å². The smallest absolute Gasteiger partial charge is 0.0681 e. The Balaban J connectivity index is 2.71. The standard InChI is InChI=1S/C10H18O2/c1-7-5-4-6-9(11)8(2)10(7)12-3/h4-5,7-11H,6H2,1-3H3/t7-,8+,9-,10-/m0/s1. The molecular formula is C10H18O2. The minimum Gasteiger partial charge on any atom is -0.392 e. The highest BCUT2D eigenvalue weighted by molar-refractivity contribution is 4.98. The lowest BCUT2D eigenvalue weighted by Gasteiger charge is -2.27. The Morgan fingerprint density at radius 2 is 2.08 bits per heavy atom. The summed E-state index contributed by atoms with van der Waals surface area (Å²) in [5, 5.41) is 9.65. The third kappa shape index (κ3) is 1.87.